The third-order valence-corrected chi connectivity index (χ3v) is 9.99. The molecule has 216 valence electrons. The highest BCUT2D eigenvalue weighted by Gasteiger charge is 2.10. The zero-order chi connectivity index (χ0) is 29.8. The lowest BCUT2D eigenvalue weighted by atomic mass is 10.2. The zero-order valence-corrected chi connectivity index (χ0v) is 26.3. The summed E-state index contributed by atoms with van der Waals surface area (Å²) in [6.07, 6.45) is 0.774. The van der Waals surface area contributed by atoms with Gasteiger partial charge in [0.15, 0.2) is 0 Å². The highest BCUT2D eigenvalue weighted by Crippen LogP contribution is 2.32. The van der Waals surface area contributed by atoms with Crippen molar-refractivity contribution in [2.45, 2.75) is 26.7 Å². The molecule has 0 atom stereocenters. The van der Waals surface area contributed by atoms with Crippen LogP contribution in [0.2, 0.25) is 0 Å². The first-order valence-electron chi connectivity index (χ1n) is 14.0. The number of thiazole rings is 2. The Labute approximate surface area is 262 Å². The summed E-state index contributed by atoms with van der Waals surface area (Å²) in [5.41, 5.74) is 8.04. The number of nitrogens with zero attached hydrogens (tertiary/aromatic N) is 2. The van der Waals surface area contributed by atoms with E-state index >= 15 is 0 Å². The van der Waals surface area contributed by atoms with Crippen LogP contribution < -0.4 is 10.6 Å². The molecule has 2 N–H and O–H groups in total. The Kier molecular flexibility index (Phi) is 8.83. The van der Waals surface area contributed by atoms with E-state index < -0.39 is 0 Å². The zero-order valence-electron chi connectivity index (χ0n) is 23.8. The van der Waals surface area contributed by atoms with Gasteiger partial charge in [-0.1, -0.05) is 12.1 Å². The van der Waals surface area contributed by atoms with Crippen molar-refractivity contribution in [3.63, 3.8) is 0 Å². The van der Waals surface area contributed by atoms with Gasteiger partial charge in [0.05, 0.1) is 20.4 Å². The molecule has 2 heterocycles. The van der Waals surface area contributed by atoms with Gasteiger partial charge in [-0.3, -0.25) is 9.59 Å². The number of rotatable bonds is 10. The molecule has 4 aromatic carbocycles. The highest BCUT2D eigenvalue weighted by molar-refractivity contribution is 7.99. The number of fused-ring (bicyclic) bond motifs is 2. The summed E-state index contributed by atoms with van der Waals surface area (Å²) < 4.78 is 2.35. The number of aryl methyl sites for hydroxylation is 2. The van der Waals surface area contributed by atoms with Gasteiger partial charge in [-0.2, -0.15) is 11.8 Å². The molecule has 0 fully saturated rings. The third-order valence-electron chi connectivity index (χ3n) is 6.87. The molecule has 0 bridgehead atoms. The third kappa shape index (κ3) is 7.30. The number of hydrogen-bond acceptors (Lipinski definition) is 7. The summed E-state index contributed by atoms with van der Waals surface area (Å²) in [5, 5.41) is 7.86. The van der Waals surface area contributed by atoms with Crippen molar-refractivity contribution in [1.29, 1.82) is 0 Å². The molecule has 0 spiro atoms. The van der Waals surface area contributed by atoms with E-state index in [1.165, 1.54) is 20.5 Å². The largest absolute Gasteiger partial charge is 0.326 e. The van der Waals surface area contributed by atoms with E-state index in [-0.39, 0.29) is 11.8 Å². The average molecular weight is 623 g/mol. The normalized spacial score (nSPS) is 11.2. The first-order chi connectivity index (χ1) is 20.9. The van der Waals surface area contributed by atoms with E-state index in [4.69, 9.17) is 9.97 Å². The fourth-order valence-corrected chi connectivity index (χ4v) is 7.58. The van der Waals surface area contributed by atoms with Gasteiger partial charge < -0.3 is 10.6 Å². The minimum Gasteiger partial charge on any atom is -0.326 e. The molecular formula is C34H30N4O2S3. The average Bonchev–Trinajstić information content (AvgIpc) is 3.61. The molecule has 0 aliphatic heterocycles. The summed E-state index contributed by atoms with van der Waals surface area (Å²) >= 11 is 4.94. The monoisotopic (exact) mass is 622 g/mol. The van der Waals surface area contributed by atoms with Gasteiger partial charge in [0.2, 0.25) is 11.8 Å². The van der Waals surface area contributed by atoms with Crippen molar-refractivity contribution >= 4 is 78.1 Å². The van der Waals surface area contributed by atoms with Crippen LogP contribution in [0.15, 0.2) is 84.9 Å². The quantitative estimate of drug-likeness (QED) is 0.149. The number of thioether (sulfide) groups is 1. The second-order valence-corrected chi connectivity index (χ2v) is 13.6. The van der Waals surface area contributed by atoms with E-state index in [2.05, 4.69) is 60.9 Å². The Morgan fingerprint density at radius 1 is 0.628 bits per heavy atom. The Hall–Kier alpha value is -4.05. The number of benzene rings is 4. The molecule has 2 aromatic heterocycles. The van der Waals surface area contributed by atoms with Gasteiger partial charge in [0.1, 0.15) is 10.0 Å². The van der Waals surface area contributed by atoms with Crippen LogP contribution in [0, 0.1) is 13.8 Å². The molecule has 6 nitrogen and oxygen atoms in total. The van der Waals surface area contributed by atoms with Crippen LogP contribution in [0.3, 0.4) is 0 Å². The van der Waals surface area contributed by atoms with E-state index in [1.54, 1.807) is 34.4 Å². The fourth-order valence-electron chi connectivity index (χ4n) is 4.58. The van der Waals surface area contributed by atoms with Gasteiger partial charge in [0, 0.05) is 46.8 Å². The minimum absolute atomic E-state index is 0.0384. The van der Waals surface area contributed by atoms with Crippen LogP contribution in [0.4, 0.5) is 11.4 Å². The standard InChI is InChI=1S/C34H30N4O2S3/c1-21-3-13-27-29(19-21)42-33(37-27)23-5-9-25(10-6-23)35-31(39)15-17-41-18-16-32(40)36-26-11-7-24(8-12-26)34-38-28-14-4-22(2)20-30(28)43-34/h3-14,19-20H,15-18H2,1-2H3,(H,35,39)(H,36,40). The van der Waals surface area contributed by atoms with E-state index in [0.29, 0.717) is 24.3 Å². The Bertz CT molecular complexity index is 1770. The van der Waals surface area contributed by atoms with Gasteiger partial charge in [-0.15, -0.1) is 22.7 Å². The van der Waals surface area contributed by atoms with Crippen molar-refractivity contribution in [1.82, 2.24) is 9.97 Å². The van der Waals surface area contributed by atoms with Gasteiger partial charge in [-0.25, -0.2) is 9.97 Å². The van der Waals surface area contributed by atoms with Crippen molar-refractivity contribution in [3.05, 3.63) is 96.1 Å². The smallest absolute Gasteiger partial charge is 0.225 e. The number of carbonyl (C=O) groups is 2. The minimum atomic E-state index is -0.0384. The van der Waals surface area contributed by atoms with E-state index in [0.717, 1.165) is 43.6 Å². The van der Waals surface area contributed by atoms with Crippen LogP contribution in [-0.2, 0) is 9.59 Å². The van der Waals surface area contributed by atoms with Crippen LogP contribution >= 0.6 is 34.4 Å². The molecular weight excluding hydrogens is 593 g/mol. The maximum atomic E-state index is 12.4. The molecule has 0 aliphatic carbocycles. The second-order valence-electron chi connectivity index (χ2n) is 10.3. The summed E-state index contributed by atoms with van der Waals surface area (Å²) in [6.45, 7) is 4.16. The van der Waals surface area contributed by atoms with Gasteiger partial charge in [0.25, 0.3) is 0 Å². The number of aromatic nitrogens is 2. The number of carbonyl (C=O) groups excluding carboxylic acids is 2. The van der Waals surface area contributed by atoms with Gasteiger partial charge in [-0.05, 0) is 97.8 Å². The Balaban J connectivity index is 0.904. The Morgan fingerprint density at radius 2 is 1.05 bits per heavy atom. The SMILES string of the molecule is Cc1ccc2nc(-c3ccc(NC(=O)CCSCCC(=O)Nc4ccc(-c5nc6ccc(C)cc6s5)cc4)cc3)sc2c1. The summed E-state index contributed by atoms with van der Waals surface area (Å²) in [7, 11) is 0. The van der Waals surface area contributed by atoms with Crippen LogP contribution in [-0.4, -0.2) is 33.3 Å². The van der Waals surface area contributed by atoms with Crippen molar-refractivity contribution in [2.24, 2.45) is 0 Å². The van der Waals surface area contributed by atoms with Crippen LogP contribution in [0.1, 0.15) is 24.0 Å². The summed E-state index contributed by atoms with van der Waals surface area (Å²) in [5.74, 6) is 1.23. The predicted molar refractivity (Wildman–Crippen MR) is 183 cm³/mol. The number of hydrogen-bond donors (Lipinski definition) is 2. The predicted octanol–water partition coefficient (Wildman–Crippen LogP) is 8.95. The lowest BCUT2D eigenvalue weighted by Gasteiger charge is -2.07. The summed E-state index contributed by atoms with van der Waals surface area (Å²) in [4.78, 5) is 34.3. The first kappa shape index (κ1) is 29.0. The molecule has 0 saturated carbocycles. The van der Waals surface area contributed by atoms with Crippen LogP contribution in [0.25, 0.3) is 41.6 Å². The highest BCUT2D eigenvalue weighted by atomic mass is 32.2. The van der Waals surface area contributed by atoms with E-state index in [9.17, 15) is 9.59 Å². The fraction of sp³-hybridized carbons (Fsp3) is 0.176. The Morgan fingerprint density at radius 3 is 1.47 bits per heavy atom. The lowest BCUT2D eigenvalue weighted by molar-refractivity contribution is -0.116. The molecule has 0 unspecified atom stereocenters. The maximum absolute atomic E-state index is 12.4. The number of nitrogens with one attached hydrogen (secondary N) is 2. The van der Waals surface area contributed by atoms with Crippen molar-refractivity contribution < 1.29 is 9.59 Å². The second kappa shape index (κ2) is 13.1. The number of amides is 2. The molecule has 2 amide bonds. The van der Waals surface area contributed by atoms with Crippen molar-refractivity contribution in [2.75, 3.05) is 22.1 Å². The lowest BCUT2D eigenvalue weighted by Crippen LogP contribution is -2.14. The molecule has 6 aromatic rings. The maximum Gasteiger partial charge on any atom is 0.225 e. The topological polar surface area (TPSA) is 84.0 Å². The van der Waals surface area contributed by atoms with Crippen molar-refractivity contribution in [3.8, 4) is 21.1 Å². The number of anilines is 2. The molecule has 6 rings (SSSR count). The van der Waals surface area contributed by atoms with Gasteiger partial charge >= 0.3 is 0 Å². The van der Waals surface area contributed by atoms with E-state index in [1.807, 2.05) is 48.5 Å². The van der Waals surface area contributed by atoms with Crippen LogP contribution in [0.5, 0.6) is 0 Å². The first-order valence-corrected chi connectivity index (χ1v) is 16.8. The summed E-state index contributed by atoms with van der Waals surface area (Å²) in [6, 6.07) is 28.2. The molecule has 0 aliphatic rings. The molecule has 0 saturated heterocycles. The molecule has 9 heteroatoms. The molecule has 43 heavy (non-hydrogen) atoms. The molecule has 0 radical (unpaired) electrons.